The molecular formula is C17H20BrN3O. The van der Waals surface area contributed by atoms with E-state index in [1.165, 1.54) is 0 Å². The average Bonchev–Trinajstić information content (AvgIpc) is 2.51. The molecule has 1 aromatic carbocycles. The van der Waals surface area contributed by atoms with E-state index in [-0.39, 0.29) is 5.91 Å². The van der Waals surface area contributed by atoms with Gasteiger partial charge in [-0.15, -0.1) is 0 Å². The number of benzene rings is 1. The van der Waals surface area contributed by atoms with Crippen molar-refractivity contribution in [1.29, 1.82) is 0 Å². The number of hydrogen-bond donors (Lipinski definition) is 2. The van der Waals surface area contributed by atoms with Crippen molar-refractivity contribution in [1.82, 2.24) is 4.98 Å². The molecule has 0 aliphatic rings. The number of carbonyl (C=O) groups excluding carboxylic acids is 1. The number of halogens is 1. The van der Waals surface area contributed by atoms with Crippen LogP contribution in [0.3, 0.4) is 0 Å². The predicted octanol–water partition coefficient (Wildman–Crippen LogP) is 4.62. The lowest BCUT2D eigenvalue weighted by Crippen LogP contribution is -2.13. The Bertz CT molecular complexity index is 641. The quantitative estimate of drug-likeness (QED) is 0.738. The highest BCUT2D eigenvalue weighted by atomic mass is 79.9. The van der Waals surface area contributed by atoms with Crippen LogP contribution < -0.4 is 10.6 Å². The number of nitrogens with one attached hydrogen (secondary N) is 2. The van der Waals surface area contributed by atoms with Crippen LogP contribution in [-0.2, 0) is 0 Å². The smallest absolute Gasteiger partial charge is 0.257 e. The summed E-state index contributed by atoms with van der Waals surface area (Å²) < 4.78 is 0.993. The third-order valence-electron chi connectivity index (χ3n) is 3.30. The summed E-state index contributed by atoms with van der Waals surface area (Å²) in [5, 5.41) is 6.13. The van der Waals surface area contributed by atoms with Crippen LogP contribution in [0.4, 0.5) is 11.5 Å². The van der Waals surface area contributed by atoms with Gasteiger partial charge in [-0.3, -0.25) is 4.79 Å². The van der Waals surface area contributed by atoms with Crippen molar-refractivity contribution in [2.45, 2.75) is 26.7 Å². The maximum absolute atomic E-state index is 12.2. The lowest BCUT2D eigenvalue weighted by molar-refractivity contribution is 0.102. The van der Waals surface area contributed by atoms with Gasteiger partial charge in [-0.25, -0.2) is 4.98 Å². The highest BCUT2D eigenvalue weighted by molar-refractivity contribution is 9.10. The molecule has 0 aliphatic heterocycles. The molecule has 1 aromatic heterocycles. The largest absolute Gasteiger partial charge is 0.370 e. The van der Waals surface area contributed by atoms with Crippen LogP contribution in [0.15, 0.2) is 41.0 Å². The fraction of sp³-hybridized carbons (Fsp3) is 0.294. The van der Waals surface area contributed by atoms with E-state index in [4.69, 9.17) is 0 Å². The fourth-order valence-corrected chi connectivity index (χ4v) is 2.46. The van der Waals surface area contributed by atoms with Crippen molar-refractivity contribution in [3.8, 4) is 0 Å². The first kappa shape index (κ1) is 16.5. The van der Waals surface area contributed by atoms with E-state index in [0.717, 1.165) is 40.9 Å². The fourth-order valence-electron chi connectivity index (χ4n) is 1.99. The highest BCUT2D eigenvalue weighted by Gasteiger charge is 2.08. The van der Waals surface area contributed by atoms with Crippen molar-refractivity contribution in [2.24, 2.45) is 0 Å². The number of aromatic nitrogens is 1. The van der Waals surface area contributed by atoms with Crippen molar-refractivity contribution in [2.75, 3.05) is 17.2 Å². The number of pyridine rings is 1. The van der Waals surface area contributed by atoms with Gasteiger partial charge in [-0.2, -0.15) is 0 Å². The van der Waals surface area contributed by atoms with E-state index in [1.807, 2.05) is 31.2 Å². The van der Waals surface area contributed by atoms with E-state index >= 15 is 0 Å². The third-order valence-corrected chi connectivity index (χ3v) is 3.79. The minimum absolute atomic E-state index is 0.155. The van der Waals surface area contributed by atoms with Crippen LogP contribution >= 0.6 is 15.9 Å². The van der Waals surface area contributed by atoms with Crippen LogP contribution in [0, 0.1) is 6.92 Å². The third kappa shape index (κ3) is 4.56. The Hall–Kier alpha value is -1.88. The molecule has 0 bridgehead atoms. The summed E-state index contributed by atoms with van der Waals surface area (Å²) in [6.45, 7) is 5.00. The van der Waals surface area contributed by atoms with Crippen molar-refractivity contribution in [3.63, 3.8) is 0 Å². The number of carbonyl (C=O) groups is 1. The van der Waals surface area contributed by atoms with Gasteiger partial charge in [0.25, 0.3) is 5.91 Å². The monoisotopic (exact) mass is 361 g/mol. The number of rotatable bonds is 6. The highest BCUT2D eigenvalue weighted by Crippen LogP contribution is 2.20. The minimum Gasteiger partial charge on any atom is -0.370 e. The van der Waals surface area contributed by atoms with E-state index in [2.05, 4.69) is 38.5 Å². The van der Waals surface area contributed by atoms with Crippen LogP contribution in [-0.4, -0.2) is 17.4 Å². The summed E-state index contributed by atoms with van der Waals surface area (Å²) in [7, 11) is 0. The molecule has 2 N–H and O–H groups in total. The van der Waals surface area contributed by atoms with Gasteiger partial charge in [-0.05, 0) is 49.2 Å². The molecule has 0 spiro atoms. The maximum Gasteiger partial charge on any atom is 0.257 e. The molecule has 0 atom stereocenters. The van der Waals surface area contributed by atoms with Gasteiger partial charge in [0.2, 0.25) is 0 Å². The van der Waals surface area contributed by atoms with E-state index in [0.29, 0.717) is 5.56 Å². The Morgan fingerprint density at radius 3 is 2.73 bits per heavy atom. The number of aryl methyl sites for hydroxylation is 1. The Balaban J connectivity index is 2.00. The van der Waals surface area contributed by atoms with E-state index in [1.54, 1.807) is 12.3 Å². The topological polar surface area (TPSA) is 54.0 Å². The van der Waals surface area contributed by atoms with Gasteiger partial charge in [0.1, 0.15) is 5.82 Å². The van der Waals surface area contributed by atoms with Gasteiger partial charge < -0.3 is 10.6 Å². The van der Waals surface area contributed by atoms with Crippen LogP contribution in [0.2, 0.25) is 0 Å². The zero-order chi connectivity index (χ0) is 15.9. The molecular weight excluding hydrogens is 342 g/mol. The molecule has 0 saturated heterocycles. The second-order valence-corrected chi connectivity index (χ2v) is 6.04. The molecule has 1 heterocycles. The summed E-state index contributed by atoms with van der Waals surface area (Å²) >= 11 is 3.41. The maximum atomic E-state index is 12.2. The first-order chi connectivity index (χ1) is 10.6. The molecule has 5 heteroatoms. The standard InChI is InChI=1S/C17H20BrN3O/c1-3-4-9-19-16-8-5-13(11-20-16)17(22)21-15-7-6-14(18)10-12(15)2/h5-8,10-11H,3-4,9H2,1-2H3,(H,19,20)(H,21,22). The SMILES string of the molecule is CCCCNc1ccc(C(=O)Nc2ccc(Br)cc2C)cn1. The molecule has 0 aliphatic carbocycles. The first-order valence-corrected chi connectivity index (χ1v) is 8.17. The summed E-state index contributed by atoms with van der Waals surface area (Å²) in [6.07, 6.45) is 3.84. The van der Waals surface area contributed by atoms with Crippen molar-refractivity contribution >= 4 is 33.3 Å². The molecule has 0 unspecified atom stereocenters. The van der Waals surface area contributed by atoms with Gasteiger partial charge in [0.05, 0.1) is 5.56 Å². The van der Waals surface area contributed by atoms with Crippen LogP contribution in [0.1, 0.15) is 35.7 Å². The zero-order valence-electron chi connectivity index (χ0n) is 12.8. The molecule has 2 rings (SSSR count). The Morgan fingerprint density at radius 2 is 2.09 bits per heavy atom. The summed E-state index contributed by atoms with van der Waals surface area (Å²) in [4.78, 5) is 16.5. The van der Waals surface area contributed by atoms with Crippen molar-refractivity contribution < 1.29 is 4.79 Å². The normalized spacial score (nSPS) is 10.3. The summed E-state index contributed by atoms with van der Waals surface area (Å²) in [5.41, 5.74) is 2.36. The zero-order valence-corrected chi connectivity index (χ0v) is 14.4. The summed E-state index contributed by atoms with van der Waals surface area (Å²) in [5.74, 6) is 0.642. The van der Waals surface area contributed by atoms with Gasteiger partial charge in [0, 0.05) is 22.9 Å². The Kier molecular flexibility index (Phi) is 5.95. The average molecular weight is 362 g/mol. The molecule has 0 radical (unpaired) electrons. The molecule has 0 fully saturated rings. The number of hydrogen-bond acceptors (Lipinski definition) is 3. The Labute approximate surface area is 139 Å². The van der Waals surface area contributed by atoms with Crippen molar-refractivity contribution in [3.05, 3.63) is 52.1 Å². The molecule has 0 saturated carbocycles. The predicted molar refractivity (Wildman–Crippen MR) is 94.5 cm³/mol. The Morgan fingerprint density at radius 1 is 1.27 bits per heavy atom. The molecule has 2 aromatic rings. The van der Waals surface area contributed by atoms with E-state index < -0.39 is 0 Å². The number of anilines is 2. The minimum atomic E-state index is -0.155. The van der Waals surface area contributed by atoms with Crippen LogP contribution in [0.5, 0.6) is 0 Å². The lowest BCUT2D eigenvalue weighted by Gasteiger charge is -2.09. The second-order valence-electron chi connectivity index (χ2n) is 5.13. The lowest BCUT2D eigenvalue weighted by atomic mass is 10.2. The molecule has 1 amide bonds. The van der Waals surface area contributed by atoms with E-state index in [9.17, 15) is 4.79 Å². The van der Waals surface area contributed by atoms with Gasteiger partial charge in [0.15, 0.2) is 0 Å². The van der Waals surface area contributed by atoms with Gasteiger partial charge >= 0.3 is 0 Å². The molecule has 22 heavy (non-hydrogen) atoms. The van der Waals surface area contributed by atoms with Gasteiger partial charge in [-0.1, -0.05) is 29.3 Å². The number of unbranched alkanes of at least 4 members (excludes halogenated alkanes) is 1. The number of nitrogens with zero attached hydrogens (tertiary/aromatic N) is 1. The first-order valence-electron chi connectivity index (χ1n) is 7.37. The molecule has 4 nitrogen and oxygen atoms in total. The second kappa shape index (κ2) is 7.94. The summed E-state index contributed by atoms with van der Waals surface area (Å²) in [6, 6.07) is 9.37. The van der Waals surface area contributed by atoms with Crippen LogP contribution in [0.25, 0.3) is 0 Å². The number of amides is 1. The molecule has 116 valence electrons.